The van der Waals surface area contributed by atoms with Gasteiger partial charge in [-0.3, -0.25) is 9.69 Å². The summed E-state index contributed by atoms with van der Waals surface area (Å²) in [7, 11) is 1.83. The van der Waals surface area contributed by atoms with Crippen LogP contribution in [0.4, 0.5) is 0 Å². The largest absolute Gasteiger partial charge is 0.472 e. The van der Waals surface area contributed by atoms with Crippen molar-refractivity contribution in [2.75, 3.05) is 19.6 Å². The van der Waals surface area contributed by atoms with Gasteiger partial charge in [0, 0.05) is 25.7 Å². The second-order valence-corrected chi connectivity index (χ2v) is 5.95. The van der Waals surface area contributed by atoms with Crippen molar-refractivity contribution in [3.05, 3.63) is 42.4 Å². The molecule has 2 aromatic rings. The van der Waals surface area contributed by atoms with Crippen LogP contribution in [-0.2, 0) is 13.6 Å². The quantitative estimate of drug-likeness (QED) is 0.912. The Morgan fingerprint density at radius 3 is 2.91 bits per heavy atom. The molecule has 0 saturated carbocycles. The minimum Gasteiger partial charge on any atom is -0.472 e. The Hall–Kier alpha value is -2.08. The number of hydrogen-bond acceptors (Lipinski definition) is 4. The summed E-state index contributed by atoms with van der Waals surface area (Å²) in [5.74, 6) is 0.513. The van der Waals surface area contributed by atoms with E-state index in [2.05, 4.69) is 15.2 Å². The SMILES string of the molecule is Cn1cncc1C(=O)NCC1CCN(Cc2ccoc2)CC1. The lowest BCUT2D eigenvalue weighted by Gasteiger charge is -2.31. The Bertz CT molecular complexity index is 597. The predicted molar refractivity (Wildman–Crippen MR) is 82.3 cm³/mol. The van der Waals surface area contributed by atoms with Gasteiger partial charge >= 0.3 is 0 Å². The van der Waals surface area contributed by atoms with Crippen molar-refractivity contribution >= 4 is 5.91 Å². The van der Waals surface area contributed by atoms with Gasteiger partial charge in [0.15, 0.2) is 0 Å². The molecule has 0 unspecified atom stereocenters. The molecule has 0 atom stereocenters. The third-order valence-electron chi connectivity index (χ3n) is 4.29. The molecule has 0 radical (unpaired) electrons. The van der Waals surface area contributed by atoms with E-state index in [-0.39, 0.29) is 5.91 Å². The van der Waals surface area contributed by atoms with Gasteiger partial charge in [0.05, 0.1) is 25.1 Å². The van der Waals surface area contributed by atoms with Crippen LogP contribution in [-0.4, -0.2) is 40.0 Å². The zero-order chi connectivity index (χ0) is 15.4. The third-order valence-corrected chi connectivity index (χ3v) is 4.29. The molecule has 3 rings (SSSR count). The summed E-state index contributed by atoms with van der Waals surface area (Å²) >= 11 is 0. The molecule has 0 spiro atoms. The first-order valence-electron chi connectivity index (χ1n) is 7.70. The van der Waals surface area contributed by atoms with Crippen molar-refractivity contribution < 1.29 is 9.21 Å². The highest BCUT2D eigenvalue weighted by atomic mass is 16.3. The summed E-state index contributed by atoms with van der Waals surface area (Å²) in [6.07, 6.45) is 9.00. The molecule has 3 heterocycles. The molecule has 6 nitrogen and oxygen atoms in total. The van der Waals surface area contributed by atoms with Crippen molar-refractivity contribution in [1.82, 2.24) is 19.8 Å². The van der Waals surface area contributed by atoms with E-state index in [1.165, 1.54) is 5.56 Å². The van der Waals surface area contributed by atoms with E-state index < -0.39 is 0 Å². The average molecular weight is 302 g/mol. The topological polar surface area (TPSA) is 63.3 Å². The fourth-order valence-electron chi connectivity index (χ4n) is 2.89. The van der Waals surface area contributed by atoms with Crippen molar-refractivity contribution in [1.29, 1.82) is 0 Å². The molecule has 22 heavy (non-hydrogen) atoms. The van der Waals surface area contributed by atoms with Crippen LogP contribution in [0.2, 0.25) is 0 Å². The molecule has 0 bridgehead atoms. The highest BCUT2D eigenvalue weighted by Crippen LogP contribution is 2.18. The van der Waals surface area contributed by atoms with Gasteiger partial charge in [0.2, 0.25) is 0 Å². The van der Waals surface area contributed by atoms with Crippen LogP contribution >= 0.6 is 0 Å². The number of furan rings is 1. The Morgan fingerprint density at radius 1 is 1.45 bits per heavy atom. The maximum absolute atomic E-state index is 12.1. The van der Waals surface area contributed by atoms with E-state index >= 15 is 0 Å². The molecule has 1 fully saturated rings. The minimum atomic E-state index is -0.0409. The Labute approximate surface area is 130 Å². The Balaban J connectivity index is 1.40. The van der Waals surface area contributed by atoms with Crippen LogP contribution in [0.3, 0.4) is 0 Å². The number of aromatic nitrogens is 2. The van der Waals surface area contributed by atoms with E-state index in [9.17, 15) is 4.79 Å². The van der Waals surface area contributed by atoms with E-state index in [0.717, 1.165) is 39.0 Å². The number of carbonyl (C=O) groups excluding carboxylic acids is 1. The van der Waals surface area contributed by atoms with Crippen LogP contribution in [0.5, 0.6) is 0 Å². The molecule has 0 aromatic carbocycles. The second kappa shape index (κ2) is 6.79. The van der Waals surface area contributed by atoms with E-state index in [0.29, 0.717) is 11.6 Å². The van der Waals surface area contributed by atoms with Crippen molar-refractivity contribution in [2.45, 2.75) is 19.4 Å². The number of hydrogen-bond donors (Lipinski definition) is 1. The summed E-state index contributed by atoms with van der Waals surface area (Å²) in [4.78, 5) is 18.5. The number of piperidine rings is 1. The normalized spacial score (nSPS) is 16.8. The van der Waals surface area contributed by atoms with Crippen LogP contribution in [0.15, 0.2) is 35.5 Å². The molecule has 0 aliphatic carbocycles. The maximum atomic E-state index is 12.1. The Morgan fingerprint density at radius 2 is 2.27 bits per heavy atom. The van der Waals surface area contributed by atoms with Gasteiger partial charge in [-0.1, -0.05) is 0 Å². The summed E-state index contributed by atoms with van der Waals surface area (Å²) in [6.45, 7) is 3.82. The molecular weight excluding hydrogens is 280 g/mol. The number of nitrogens with zero attached hydrogens (tertiary/aromatic N) is 3. The zero-order valence-electron chi connectivity index (χ0n) is 12.9. The molecule has 118 valence electrons. The molecular formula is C16H22N4O2. The standard InChI is InChI=1S/C16H22N4O2/c1-19-12-17-9-15(19)16(21)18-8-13-2-5-20(6-3-13)10-14-4-7-22-11-14/h4,7,9,11-13H,2-3,5-6,8,10H2,1H3,(H,18,21). The van der Waals surface area contributed by atoms with E-state index in [1.54, 1.807) is 29.6 Å². The monoisotopic (exact) mass is 302 g/mol. The van der Waals surface area contributed by atoms with Crippen LogP contribution in [0.1, 0.15) is 28.9 Å². The summed E-state index contributed by atoms with van der Waals surface area (Å²) in [5, 5.41) is 3.02. The average Bonchev–Trinajstić information content (AvgIpc) is 3.18. The van der Waals surface area contributed by atoms with E-state index in [1.807, 2.05) is 13.1 Å². The van der Waals surface area contributed by atoms with Gasteiger partial charge in [-0.15, -0.1) is 0 Å². The fraction of sp³-hybridized carbons (Fsp3) is 0.500. The lowest BCUT2D eigenvalue weighted by molar-refractivity contribution is 0.0927. The fourth-order valence-corrected chi connectivity index (χ4v) is 2.89. The second-order valence-electron chi connectivity index (χ2n) is 5.95. The van der Waals surface area contributed by atoms with E-state index in [4.69, 9.17) is 4.42 Å². The molecule has 6 heteroatoms. The third kappa shape index (κ3) is 3.57. The van der Waals surface area contributed by atoms with Crippen molar-refractivity contribution in [3.63, 3.8) is 0 Å². The predicted octanol–water partition coefficient (Wildman–Crippen LogP) is 1.66. The molecule has 1 aliphatic heterocycles. The molecule has 1 N–H and O–H groups in total. The number of nitrogens with one attached hydrogen (secondary N) is 1. The number of likely N-dealkylation sites (tertiary alicyclic amines) is 1. The maximum Gasteiger partial charge on any atom is 0.269 e. The first-order chi connectivity index (χ1) is 10.7. The van der Waals surface area contributed by atoms with Gasteiger partial charge in [-0.2, -0.15) is 0 Å². The number of carbonyl (C=O) groups is 1. The van der Waals surface area contributed by atoms with Gasteiger partial charge in [-0.25, -0.2) is 4.98 Å². The zero-order valence-corrected chi connectivity index (χ0v) is 12.9. The minimum absolute atomic E-state index is 0.0409. The lowest BCUT2D eigenvalue weighted by atomic mass is 9.96. The molecule has 1 saturated heterocycles. The number of aryl methyl sites for hydroxylation is 1. The van der Waals surface area contributed by atoms with Crippen LogP contribution < -0.4 is 5.32 Å². The van der Waals surface area contributed by atoms with Gasteiger partial charge < -0.3 is 14.3 Å². The van der Waals surface area contributed by atoms with Crippen molar-refractivity contribution in [3.8, 4) is 0 Å². The number of imidazole rings is 1. The van der Waals surface area contributed by atoms with Gasteiger partial charge in [-0.05, 0) is 37.9 Å². The lowest BCUT2D eigenvalue weighted by Crippen LogP contribution is -2.38. The summed E-state index contributed by atoms with van der Waals surface area (Å²) in [6, 6.07) is 2.01. The smallest absolute Gasteiger partial charge is 0.269 e. The molecule has 1 amide bonds. The van der Waals surface area contributed by atoms with Gasteiger partial charge in [0.1, 0.15) is 5.69 Å². The highest BCUT2D eigenvalue weighted by molar-refractivity contribution is 5.92. The first kappa shape index (κ1) is 14.8. The molecule has 1 aliphatic rings. The van der Waals surface area contributed by atoms with Crippen molar-refractivity contribution in [2.24, 2.45) is 13.0 Å². The first-order valence-corrected chi connectivity index (χ1v) is 7.70. The highest BCUT2D eigenvalue weighted by Gasteiger charge is 2.20. The van der Waals surface area contributed by atoms with Crippen LogP contribution in [0.25, 0.3) is 0 Å². The number of amides is 1. The Kier molecular flexibility index (Phi) is 4.58. The molecule has 2 aromatic heterocycles. The number of rotatable bonds is 5. The summed E-state index contributed by atoms with van der Waals surface area (Å²) < 4.78 is 6.84. The van der Waals surface area contributed by atoms with Gasteiger partial charge in [0.25, 0.3) is 5.91 Å². The summed E-state index contributed by atoms with van der Waals surface area (Å²) in [5.41, 5.74) is 1.83. The van der Waals surface area contributed by atoms with Crippen LogP contribution in [0, 0.1) is 5.92 Å².